The Bertz CT molecular complexity index is 859. The highest BCUT2D eigenvalue weighted by Gasteiger charge is 2.12. The Hall–Kier alpha value is -1.87. The number of pyridine rings is 1. The molecule has 0 spiro atoms. The topological polar surface area (TPSA) is 67.7 Å². The molecule has 0 saturated heterocycles. The smallest absolute Gasteiger partial charge is 0.250 e. The SMILES string of the molecule is CCNC(=NCc1ccc(Cn2ccccc2=O)cc1)NCCOC1CCCCCC1.I. The van der Waals surface area contributed by atoms with Crippen molar-refractivity contribution in [2.24, 2.45) is 4.99 Å². The summed E-state index contributed by atoms with van der Waals surface area (Å²) < 4.78 is 7.76. The first kappa shape index (κ1) is 26.4. The van der Waals surface area contributed by atoms with Crippen LogP contribution < -0.4 is 16.2 Å². The molecule has 1 fully saturated rings. The Kier molecular flexibility index (Phi) is 12.4. The zero-order valence-corrected chi connectivity index (χ0v) is 21.4. The van der Waals surface area contributed by atoms with Gasteiger partial charge in [-0.05, 0) is 37.0 Å². The Morgan fingerprint density at radius 3 is 2.44 bits per heavy atom. The Labute approximate surface area is 208 Å². The maximum Gasteiger partial charge on any atom is 0.250 e. The van der Waals surface area contributed by atoms with Crippen molar-refractivity contribution < 1.29 is 4.74 Å². The minimum Gasteiger partial charge on any atom is -0.376 e. The van der Waals surface area contributed by atoms with Gasteiger partial charge in [0.15, 0.2) is 5.96 Å². The molecule has 1 saturated carbocycles. The van der Waals surface area contributed by atoms with E-state index in [1.165, 1.54) is 38.5 Å². The van der Waals surface area contributed by atoms with E-state index in [2.05, 4.69) is 41.8 Å². The molecule has 1 aromatic carbocycles. The highest BCUT2D eigenvalue weighted by Crippen LogP contribution is 2.19. The van der Waals surface area contributed by atoms with E-state index >= 15 is 0 Å². The number of rotatable bonds is 9. The van der Waals surface area contributed by atoms with E-state index in [9.17, 15) is 4.79 Å². The first-order valence-corrected chi connectivity index (χ1v) is 11.6. The summed E-state index contributed by atoms with van der Waals surface area (Å²) in [6, 6.07) is 13.5. The fourth-order valence-electron chi connectivity index (χ4n) is 3.85. The van der Waals surface area contributed by atoms with Crippen molar-refractivity contribution in [2.45, 2.75) is 64.6 Å². The second-order valence-electron chi connectivity index (χ2n) is 8.09. The van der Waals surface area contributed by atoms with Gasteiger partial charge in [-0.2, -0.15) is 0 Å². The van der Waals surface area contributed by atoms with Crippen LogP contribution in [0.1, 0.15) is 56.6 Å². The Morgan fingerprint density at radius 2 is 1.75 bits per heavy atom. The zero-order valence-electron chi connectivity index (χ0n) is 19.1. The quantitative estimate of drug-likeness (QED) is 0.160. The molecule has 2 aromatic rings. The van der Waals surface area contributed by atoms with Crippen LogP contribution in [0.4, 0.5) is 0 Å². The van der Waals surface area contributed by atoms with Gasteiger partial charge in [0, 0.05) is 25.4 Å². The van der Waals surface area contributed by atoms with Gasteiger partial charge < -0.3 is 19.9 Å². The molecule has 0 atom stereocenters. The summed E-state index contributed by atoms with van der Waals surface area (Å²) in [6.07, 6.45) is 9.92. The van der Waals surface area contributed by atoms with E-state index in [1.807, 2.05) is 12.3 Å². The molecule has 1 aliphatic carbocycles. The lowest BCUT2D eigenvalue weighted by atomic mass is 10.1. The lowest BCUT2D eigenvalue weighted by molar-refractivity contribution is 0.0468. The van der Waals surface area contributed by atoms with Crippen molar-refractivity contribution in [3.8, 4) is 0 Å². The van der Waals surface area contributed by atoms with Gasteiger partial charge >= 0.3 is 0 Å². The molecule has 0 radical (unpaired) electrons. The summed E-state index contributed by atoms with van der Waals surface area (Å²) >= 11 is 0. The number of ether oxygens (including phenoxy) is 1. The summed E-state index contributed by atoms with van der Waals surface area (Å²) in [5.41, 5.74) is 2.25. The fraction of sp³-hybridized carbons (Fsp3) is 0.520. The van der Waals surface area contributed by atoms with Crippen LogP contribution >= 0.6 is 24.0 Å². The van der Waals surface area contributed by atoms with Crippen LogP contribution in [0.3, 0.4) is 0 Å². The van der Waals surface area contributed by atoms with Crippen molar-refractivity contribution in [3.05, 3.63) is 70.1 Å². The monoisotopic (exact) mass is 552 g/mol. The molecule has 0 aliphatic heterocycles. The van der Waals surface area contributed by atoms with Crippen molar-refractivity contribution in [3.63, 3.8) is 0 Å². The van der Waals surface area contributed by atoms with E-state index in [4.69, 9.17) is 9.73 Å². The number of benzene rings is 1. The maximum absolute atomic E-state index is 11.9. The van der Waals surface area contributed by atoms with E-state index in [0.717, 1.165) is 30.2 Å². The summed E-state index contributed by atoms with van der Waals surface area (Å²) in [6.45, 7) is 5.54. The number of hydrogen-bond donors (Lipinski definition) is 2. The lowest BCUT2D eigenvalue weighted by Crippen LogP contribution is -2.39. The molecular weight excluding hydrogens is 515 g/mol. The molecule has 0 amide bonds. The summed E-state index contributed by atoms with van der Waals surface area (Å²) in [7, 11) is 0. The number of guanidine groups is 1. The van der Waals surface area contributed by atoms with Crippen LogP contribution in [0.15, 0.2) is 58.4 Å². The summed E-state index contributed by atoms with van der Waals surface area (Å²) in [5.74, 6) is 0.812. The molecule has 1 aliphatic rings. The molecule has 176 valence electrons. The maximum atomic E-state index is 11.9. The Morgan fingerprint density at radius 1 is 1.03 bits per heavy atom. The van der Waals surface area contributed by atoms with Gasteiger partial charge in [-0.25, -0.2) is 4.99 Å². The van der Waals surface area contributed by atoms with Crippen LogP contribution in [0.2, 0.25) is 0 Å². The third kappa shape index (κ3) is 9.32. The van der Waals surface area contributed by atoms with Gasteiger partial charge in [-0.15, -0.1) is 24.0 Å². The normalized spacial score (nSPS) is 15.0. The molecule has 0 bridgehead atoms. The van der Waals surface area contributed by atoms with E-state index in [1.54, 1.807) is 16.7 Å². The highest BCUT2D eigenvalue weighted by molar-refractivity contribution is 14.0. The molecule has 3 rings (SSSR count). The van der Waals surface area contributed by atoms with Crippen LogP contribution in [0.5, 0.6) is 0 Å². The number of aliphatic imine (C=N–C) groups is 1. The number of aromatic nitrogens is 1. The van der Waals surface area contributed by atoms with Gasteiger partial charge in [0.2, 0.25) is 0 Å². The van der Waals surface area contributed by atoms with Crippen molar-refractivity contribution >= 4 is 29.9 Å². The highest BCUT2D eigenvalue weighted by atomic mass is 127. The van der Waals surface area contributed by atoms with Gasteiger partial charge in [-0.3, -0.25) is 4.79 Å². The van der Waals surface area contributed by atoms with Crippen LogP contribution in [0.25, 0.3) is 0 Å². The minimum atomic E-state index is 0. The zero-order chi connectivity index (χ0) is 21.7. The average molecular weight is 553 g/mol. The Balaban J connectivity index is 0.00000363. The first-order valence-electron chi connectivity index (χ1n) is 11.6. The second-order valence-corrected chi connectivity index (χ2v) is 8.09. The molecule has 32 heavy (non-hydrogen) atoms. The molecule has 7 heteroatoms. The standard InChI is InChI=1S/C25H36N4O2.HI/c1-2-26-25(27-16-18-31-23-9-5-3-4-6-10-23)28-19-21-12-14-22(15-13-21)20-29-17-8-7-11-24(29)30;/h7-8,11-15,17,23H,2-6,9-10,16,18-20H2,1H3,(H2,26,27,28);1H. The molecule has 6 nitrogen and oxygen atoms in total. The molecular formula is C25H37IN4O2. The van der Waals surface area contributed by atoms with Crippen molar-refractivity contribution in [1.29, 1.82) is 0 Å². The van der Waals surface area contributed by atoms with Crippen LogP contribution in [-0.2, 0) is 17.8 Å². The number of halogens is 1. The average Bonchev–Trinajstić information content (AvgIpc) is 3.06. The molecule has 1 aromatic heterocycles. The second kappa shape index (κ2) is 15.1. The van der Waals surface area contributed by atoms with Gasteiger partial charge in [0.25, 0.3) is 5.56 Å². The third-order valence-electron chi connectivity index (χ3n) is 5.59. The van der Waals surface area contributed by atoms with E-state index in [-0.39, 0.29) is 29.5 Å². The third-order valence-corrected chi connectivity index (χ3v) is 5.59. The van der Waals surface area contributed by atoms with Gasteiger partial charge in [0.1, 0.15) is 0 Å². The number of hydrogen-bond acceptors (Lipinski definition) is 3. The van der Waals surface area contributed by atoms with Crippen molar-refractivity contribution in [1.82, 2.24) is 15.2 Å². The molecule has 0 unspecified atom stereocenters. The summed E-state index contributed by atoms with van der Waals surface area (Å²) in [4.78, 5) is 16.6. The summed E-state index contributed by atoms with van der Waals surface area (Å²) in [5, 5.41) is 6.67. The predicted octanol–water partition coefficient (Wildman–Crippen LogP) is 4.31. The molecule has 2 N–H and O–H groups in total. The van der Waals surface area contributed by atoms with E-state index in [0.29, 0.717) is 25.8 Å². The fourth-order valence-corrected chi connectivity index (χ4v) is 3.85. The minimum absolute atomic E-state index is 0. The first-order chi connectivity index (χ1) is 15.2. The number of nitrogens with one attached hydrogen (secondary N) is 2. The lowest BCUT2D eigenvalue weighted by Gasteiger charge is -2.16. The predicted molar refractivity (Wildman–Crippen MR) is 142 cm³/mol. The van der Waals surface area contributed by atoms with E-state index < -0.39 is 0 Å². The van der Waals surface area contributed by atoms with Crippen LogP contribution in [-0.4, -0.2) is 36.3 Å². The molecule has 1 heterocycles. The van der Waals surface area contributed by atoms with Gasteiger partial charge in [0.05, 0.1) is 25.8 Å². The van der Waals surface area contributed by atoms with Gasteiger partial charge in [-0.1, -0.05) is 56.0 Å². The largest absolute Gasteiger partial charge is 0.376 e. The van der Waals surface area contributed by atoms with Crippen molar-refractivity contribution in [2.75, 3.05) is 19.7 Å². The number of nitrogens with zero attached hydrogens (tertiary/aromatic N) is 2. The van der Waals surface area contributed by atoms with Crippen LogP contribution in [0, 0.1) is 0 Å².